The molecule has 3 heterocycles. The van der Waals surface area contributed by atoms with Gasteiger partial charge in [0.15, 0.2) is 24.9 Å². The predicted molar refractivity (Wildman–Crippen MR) is 158 cm³/mol. The summed E-state index contributed by atoms with van der Waals surface area (Å²) >= 11 is 1.34. The Morgan fingerprint density at radius 3 is 2.50 bits per heavy atom. The molecule has 0 N–H and O–H groups in total. The smallest absolute Gasteiger partial charge is 0.307 e. The van der Waals surface area contributed by atoms with Crippen LogP contribution in [0.5, 0.6) is 5.88 Å². The standard InChI is InChI=1S/C26H38FN5O5S2Si/c1-8-40(9-2,10-3)37-26(4,16-12-13-19(27)18-35-5)21-14-11-15-22(29-21)32-23-20(17-28-25(30-23)38-6)24(31-32)36-39(7,33)34/h11,13-15,17H,8-10,12,16,18H2,1-7H3/b19-13-. The minimum atomic E-state index is -3.85. The van der Waals surface area contributed by atoms with E-state index in [1.165, 1.54) is 35.8 Å². The van der Waals surface area contributed by atoms with E-state index in [1.54, 1.807) is 6.07 Å². The molecule has 0 saturated carbocycles. The summed E-state index contributed by atoms with van der Waals surface area (Å²) in [5.41, 5.74) is 0.197. The van der Waals surface area contributed by atoms with E-state index in [9.17, 15) is 12.8 Å². The van der Waals surface area contributed by atoms with Crippen molar-refractivity contribution < 1.29 is 26.2 Å². The zero-order valence-corrected chi connectivity index (χ0v) is 26.7. The van der Waals surface area contributed by atoms with Crippen LogP contribution in [0.3, 0.4) is 0 Å². The number of thioether (sulfide) groups is 1. The summed E-state index contributed by atoms with van der Waals surface area (Å²) in [6.07, 6.45) is 6.73. The Bertz CT molecular complexity index is 1440. The Morgan fingerprint density at radius 2 is 1.90 bits per heavy atom. The Labute approximate surface area is 241 Å². The third kappa shape index (κ3) is 7.66. The number of halogens is 1. The minimum absolute atomic E-state index is 0.0764. The average molecular weight is 612 g/mol. The Balaban J connectivity index is 2.15. The second-order valence-corrected chi connectivity index (χ2v) is 16.7. The van der Waals surface area contributed by atoms with E-state index in [-0.39, 0.29) is 18.3 Å². The van der Waals surface area contributed by atoms with E-state index in [2.05, 4.69) is 35.8 Å². The van der Waals surface area contributed by atoms with Gasteiger partial charge in [-0.05, 0) is 56.3 Å². The fourth-order valence-corrected chi connectivity index (χ4v) is 8.38. The molecule has 40 heavy (non-hydrogen) atoms. The van der Waals surface area contributed by atoms with E-state index in [1.807, 2.05) is 25.3 Å². The van der Waals surface area contributed by atoms with Gasteiger partial charge in [-0.2, -0.15) is 13.1 Å². The van der Waals surface area contributed by atoms with E-state index in [0.717, 1.165) is 24.4 Å². The van der Waals surface area contributed by atoms with Crippen LogP contribution in [0.15, 0.2) is 41.5 Å². The third-order valence-corrected chi connectivity index (χ3v) is 12.7. The van der Waals surface area contributed by atoms with Crippen molar-refractivity contribution >= 4 is 41.2 Å². The number of rotatable bonds is 15. The van der Waals surface area contributed by atoms with E-state index < -0.39 is 24.0 Å². The molecular weight excluding hydrogens is 574 g/mol. The third-order valence-electron chi connectivity index (χ3n) is 6.92. The van der Waals surface area contributed by atoms with Crippen molar-refractivity contribution in [3.63, 3.8) is 0 Å². The van der Waals surface area contributed by atoms with Crippen molar-refractivity contribution in [1.29, 1.82) is 0 Å². The number of hydrogen-bond acceptors (Lipinski definition) is 10. The molecule has 3 aromatic heterocycles. The second-order valence-electron chi connectivity index (χ2n) is 9.68. The van der Waals surface area contributed by atoms with Crippen LogP contribution in [0.4, 0.5) is 4.39 Å². The van der Waals surface area contributed by atoms with Crippen molar-refractivity contribution in [3.8, 4) is 11.7 Å². The number of aromatic nitrogens is 5. The maximum Gasteiger partial charge on any atom is 0.307 e. The second kappa shape index (κ2) is 13.5. The molecule has 0 radical (unpaired) electrons. The Morgan fingerprint density at radius 1 is 1.20 bits per heavy atom. The molecule has 1 atom stereocenters. The van der Waals surface area contributed by atoms with Gasteiger partial charge in [0.25, 0.3) is 5.88 Å². The first kappa shape index (κ1) is 32.1. The van der Waals surface area contributed by atoms with Gasteiger partial charge in [-0.3, -0.25) is 0 Å². The number of methoxy groups -OCH3 is 1. The summed E-state index contributed by atoms with van der Waals surface area (Å²) in [5, 5.41) is 5.23. The molecule has 0 aromatic carbocycles. The monoisotopic (exact) mass is 611 g/mol. The highest BCUT2D eigenvalue weighted by Gasteiger charge is 2.40. The quantitative estimate of drug-likeness (QED) is 0.0904. The first-order valence-corrected chi connectivity index (χ1v) is 18.7. The van der Waals surface area contributed by atoms with Gasteiger partial charge in [-0.15, -0.1) is 5.10 Å². The Hall–Kier alpha value is -2.39. The topological polar surface area (TPSA) is 118 Å². The van der Waals surface area contributed by atoms with Crippen molar-refractivity contribution in [2.45, 2.75) is 69.4 Å². The zero-order valence-electron chi connectivity index (χ0n) is 24.1. The van der Waals surface area contributed by atoms with Crippen molar-refractivity contribution in [2.24, 2.45) is 0 Å². The highest BCUT2D eigenvalue weighted by molar-refractivity contribution is 7.98. The lowest BCUT2D eigenvalue weighted by atomic mass is 9.95. The normalized spacial score (nSPS) is 14.4. The summed E-state index contributed by atoms with van der Waals surface area (Å²) in [7, 11) is -4.51. The van der Waals surface area contributed by atoms with Crippen molar-refractivity contribution in [1.82, 2.24) is 24.7 Å². The molecule has 0 amide bonds. The van der Waals surface area contributed by atoms with Crippen LogP contribution in [-0.2, 0) is 24.9 Å². The lowest BCUT2D eigenvalue weighted by molar-refractivity contribution is 0.0597. The van der Waals surface area contributed by atoms with E-state index in [0.29, 0.717) is 40.5 Å². The summed E-state index contributed by atoms with van der Waals surface area (Å²) in [6.45, 7) is 8.39. The fourth-order valence-electron chi connectivity index (χ4n) is 4.54. The number of pyridine rings is 1. The number of ether oxygens (including phenoxy) is 1. The average Bonchev–Trinajstić information content (AvgIpc) is 3.28. The molecule has 0 saturated heterocycles. The van der Waals surface area contributed by atoms with Gasteiger partial charge >= 0.3 is 10.1 Å². The van der Waals surface area contributed by atoms with E-state index >= 15 is 0 Å². The molecule has 0 fully saturated rings. The van der Waals surface area contributed by atoms with Crippen LogP contribution < -0.4 is 4.18 Å². The van der Waals surface area contributed by atoms with Crippen LogP contribution in [-0.4, -0.2) is 67.7 Å². The van der Waals surface area contributed by atoms with Crippen molar-refractivity contribution in [2.75, 3.05) is 26.2 Å². The molecule has 220 valence electrons. The highest BCUT2D eigenvalue weighted by atomic mass is 32.2. The largest absolute Gasteiger partial charge is 0.406 e. The maximum absolute atomic E-state index is 14.1. The van der Waals surface area contributed by atoms with Crippen LogP contribution in [0.25, 0.3) is 16.9 Å². The first-order chi connectivity index (χ1) is 18.9. The number of allylic oxidation sites excluding steroid dienone is 1. The molecule has 0 aliphatic rings. The van der Waals surface area contributed by atoms with Crippen LogP contribution in [0.1, 0.15) is 46.2 Å². The summed E-state index contributed by atoms with van der Waals surface area (Å²) in [5.74, 6) is -0.0592. The SMILES string of the molecule is CC[Si](CC)(CC)OC(C)(CC/C=C(\F)COC)c1cccc(-n2nc(OS(C)(=O)=O)c3cnc(SC)nc32)n1. The van der Waals surface area contributed by atoms with Gasteiger partial charge in [0.05, 0.1) is 24.2 Å². The first-order valence-electron chi connectivity index (χ1n) is 13.1. The molecule has 0 spiro atoms. The van der Waals surface area contributed by atoms with Crippen LogP contribution in [0.2, 0.25) is 18.1 Å². The summed E-state index contributed by atoms with van der Waals surface area (Å²) < 4.78 is 56.5. The summed E-state index contributed by atoms with van der Waals surface area (Å²) in [6, 6.07) is 8.30. The maximum atomic E-state index is 14.1. The number of fused-ring (bicyclic) bond motifs is 1. The van der Waals surface area contributed by atoms with Gasteiger partial charge in [0, 0.05) is 13.3 Å². The zero-order chi connectivity index (χ0) is 29.6. The molecule has 14 heteroatoms. The highest BCUT2D eigenvalue weighted by Crippen LogP contribution is 2.38. The van der Waals surface area contributed by atoms with Gasteiger partial charge in [0.1, 0.15) is 11.2 Å². The predicted octanol–water partition coefficient (Wildman–Crippen LogP) is 5.79. The van der Waals surface area contributed by atoms with E-state index in [4.69, 9.17) is 18.3 Å². The molecule has 0 aliphatic heterocycles. The fraction of sp³-hybridized carbons (Fsp3) is 0.538. The molecule has 0 aliphatic carbocycles. The number of nitrogens with zero attached hydrogens (tertiary/aromatic N) is 5. The van der Waals surface area contributed by atoms with Crippen LogP contribution in [0, 0.1) is 0 Å². The number of hydrogen-bond donors (Lipinski definition) is 0. The molecule has 0 bridgehead atoms. The molecule has 1 unspecified atom stereocenters. The molecule has 3 rings (SSSR count). The Kier molecular flexibility index (Phi) is 10.9. The lowest BCUT2D eigenvalue weighted by Crippen LogP contribution is -2.44. The molecule has 3 aromatic rings. The molecular formula is C26H38FN5O5S2Si. The van der Waals surface area contributed by atoms with Gasteiger partial charge in [0.2, 0.25) is 0 Å². The summed E-state index contributed by atoms with van der Waals surface area (Å²) in [4.78, 5) is 13.7. The van der Waals surface area contributed by atoms with Gasteiger partial charge < -0.3 is 13.3 Å². The molecule has 10 nitrogen and oxygen atoms in total. The van der Waals surface area contributed by atoms with Gasteiger partial charge in [-0.25, -0.2) is 19.3 Å². The minimum Gasteiger partial charge on any atom is -0.406 e. The van der Waals surface area contributed by atoms with Crippen molar-refractivity contribution in [3.05, 3.63) is 42.0 Å². The van der Waals surface area contributed by atoms with Crippen LogP contribution >= 0.6 is 11.8 Å². The lowest BCUT2D eigenvalue weighted by Gasteiger charge is -2.40. The van der Waals surface area contributed by atoms with Gasteiger partial charge in [-0.1, -0.05) is 44.7 Å².